The summed E-state index contributed by atoms with van der Waals surface area (Å²) in [4.78, 5) is 26.2. The molecule has 4 nitrogen and oxygen atoms in total. The van der Waals surface area contributed by atoms with Crippen LogP contribution in [0, 0.1) is 6.92 Å². The van der Waals surface area contributed by atoms with Crippen molar-refractivity contribution in [2.24, 2.45) is 0 Å². The Kier molecular flexibility index (Phi) is 3.06. The molecule has 0 radical (unpaired) electrons. The first kappa shape index (κ1) is 12.9. The summed E-state index contributed by atoms with van der Waals surface area (Å²) in [6, 6.07) is 9.33. The third-order valence-corrected chi connectivity index (χ3v) is 3.48. The number of aryl methyl sites for hydroxylation is 1. The number of carbonyl (C=O) groups excluding carboxylic acids is 1. The number of nitrogens with one attached hydrogen (secondary N) is 1. The van der Waals surface area contributed by atoms with Crippen molar-refractivity contribution in [3.63, 3.8) is 0 Å². The number of pyridine rings is 1. The fraction of sp³-hybridized carbons (Fsp3) is 0.0667. The number of rotatable bonds is 1. The zero-order chi connectivity index (χ0) is 14.3. The summed E-state index contributed by atoms with van der Waals surface area (Å²) in [7, 11) is 0. The third-order valence-electron chi connectivity index (χ3n) is 2.99. The monoisotopic (exact) mass is 331 g/mol. The van der Waals surface area contributed by atoms with Gasteiger partial charge in [-0.15, -0.1) is 0 Å². The Labute approximate surface area is 123 Å². The Morgan fingerprint density at radius 1 is 1.25 bits per heavy atom. The van der Waals surface area contributed by atoms with Crippen molar-refractivity contribution >= 4 is 33.7 Å². The van der Waals surface area contributed by atoms with Crippen molar-refractivity contribution in [3.05, 3.63) is 67.5 Å². The number of halogens is 1. The zero-order valence-corrected chi connectivity index (χ0v) is 12.2. The second kappa shape index (κ2) is 4.76. The van der Waals surface area contributed by atoms with Gasteiger partial charge in [0, 0.05) is 15.7 Å². The Morgan fingerprint density at radius 3 is 2.80 bits per heavy atom. The van der Waals surface area contributed by atoms with E-state index < -0.39 is 11.5 Å². The average Bonchev–Trinajstić information content (AvgIpc) is 2.66. The van der Waals surface area contributed by atoms with Gasteiger partial charge in [0.1, 0.15) is 11.3 Å². The van der Waals surface area contributed by atoms with Crippen LogP contribution in [-0.4, -0.2) is 11.0 Å². The minimum atomic E-state index is -0.609. The molecule has 0 bridgehead atoms. The predicted molar refractivity (Wildman–Crippen MR) is 79.2 cm³/mol. The van der Waals surface area contributed by atoms with Gasteiger partial charge in [0.2, 0.25) is 0 Å². The van der Waals surface area contributed by atoms with E-state index in [1.165, 1.54) is 0 Å². The smallest absolute Gasteiger partial charge is 0.349 e. The van der Waals surface area contributed by atoms with Crippen LogP contribution in [-0.2, 0) is 4.74 Å². The first-order chi connectivity index (χ1) is 9.54. The Bertz CT molecular complexity index is 805. The number of hydrogen-bond donors (Lipinski definition) is 1. The highest BCUT2D eigenvalue weighted by Gasteiger charge is 2.29. The van der Waals surface area contributed by atoms with Crippen molar-refractivity contribution < 1.29 is 9.53 Å². The van der Waals surface area contributed by atoms with E-state index >= 15 is 0 Å². The number of carbonyl (C=O) groups is 1. The molecule has 20 heavy (non-hydrogen) atoms. The molecule has 0 spiro atoms. The highest BCUT2D eigenvalue weighted by atomic mass is 79.9. The fourth-order valence-electron chi connectivity index (χ4n) is 2.15. The number of ether oxygens (including phenoxy) is 1. The van der Waals surface area contributed by atoms with Gasteiger partial charge >= 0.3 is 5.97 Å². The lowest BCUT2D eigenvalue weighted by molar-refractivity contribution is 0.0715. The predicted octanol–water partition coefficient (Wildman–Crippen LogP) is 3.11. The van der Waals surface area contributed by atoms with Crippen LogP contribution in [0.2, 0.25) is 0 Å². The summed E-state index contributed by atoms with van der Waals surface area (Å²) in [6.07, 6.45) is 1.74. The molecule has 1 N–H and O–H groups in total. The highest BCUT2D eigenvalue weighted by Crippen LogP contribution is 2.29. The lowest BCUT2D eigenvalue weighted by Crippen LogP contribution is -2.16. The van der Waals surface area contributed by atoms with Crippen LogP contribution in [0.4, 0.5) is 0 Å². The van der Waals surface area contributed by atoms with E-state index in [1.807, 2.05) is 24.3 Å². The lowest BCUT2D eigenvalue weighted by Gasteiger charge is -2.00. The van der Waals surface area contributed by atoms with Crippen LogP contribution in [0.15, 0.2) is 39.6 Å². The van der Waals surface area contributed by atoms with Gasteiger partial charge in [-0.25, -0.2) is 4.79 Å². The molecule has 2 heterocycles. The number of H-pyrrole nitrogens is 1. The molecule has 1 aliphatic rings. The lowest BCUT2D eigenvalue weighted by atomic mass is 10.1. The summed E-state index contributed by atoms with van der Waals surface area (Å²) < 4.78 is 6.13. The molecular formula is C15H10BrNO3. The Balaban J connectivity index is 2.16. The molecule has 0 unspecified atom stereocenters. The largest absolute Gasteiger partial charge is 0.422 e. The number of esters is 1. The molecule has 0 saturated heterocycles. The Morgan fingerprint density at radius 2 is 2.05 bits per heavy atom. The summed E-state index contributed by atoms with van der Waals surface area (Å²) in [6.45, 7) is 1.77. The van der Waals surface area contributed by atoms with Gasteiger partial charge in [-0.2, -0.15) is 0 Å². The van der Waals surface area contributed by atoms with Crippen molar-refractivity contribution in [1.82, 2.24) is 4.98 Å². The van der Waals surface area contributed by atoms with E-state index in [9.17, 15) is 9.59 Å². The van der Waals surface area contributed by atoms with E-state index in [1.54, 1.807) is 19.1 Å². The van der Waals surface area contributed by atoms with Crippen molar-refractivity contribution in [1.29, 1.82) is 0 Å². The first-order valence-electron chi connectivity index (χ1n) is 5.98. The molecule has 3 rings (SSSR count). The molecular weight excluding hydrogens is 322 g/mol. The van der Waals surface area contributed by atoms with Crippen LogP contribution in [0.25, 0.3) is 11.8 Å². The minimum Gasteiger partial charge on any atom is -0.422 e. The summed E-state index contributed by atoms with van der Waals surface area (Å²) >= 11 is 3.39. The average molecular weight is 332 g/mol. The topological polar surface area (TPSA) is 59.2 Å². The van der Waals surface area contributed by atoms with Crippen molar-refractivity contribution in [3.8, 4) is 0 Å². The molecule has 1 aromatic carbocycles. The van der Waals surface area contributed by atoms with Crippen LogP contribution < -0.4 is 5.56 Å². The highest BCUT2D eigenvalue weighted by molar-refractivity contribution is 9.10. The molecule has 100 valence electrons. The van der Waals surface area contributed by atoms with E-state index in [0.717, 1.165) is 10.0 Å². The van der Waals surface area contributed by atoms with Crippen molar-refractivity contribution in [2.45, 2.75) is 6.92 Å². The van der Waals surface area contributed by atoms with Gasteiger partial charge in [0.15, 0.2) is 0 Å². The maximum absolute atomic E-state index is 11.8. The number of cyclic esters (lactones) is 1. The van der Waals surface area contributed by atoms with Crippen molar-refractivity contribution in [2.75, 3.05) is 0 Å². The molecule has 2 aromatic rings. The van der Waals surface area contributed by atoms with Gasteiger partial charge in [-0.1, -0.05) is 28.1 Å². The van der Waals surface area contributed by atoms with E-state index in [-0.39, 0.29) is 5.56 Å². The molecule has 5 heteroatoms. The normalized spacial score (nSPS) is 15.3. The van der Waals surface area contributed by atoms with Crippen LogP contribution in [0.3, 0.4) is 0 Å². The maximum atomic E-state index is 11.8. The number of aromatic amines is 1. The van der Waals surface area contributed by atoms with Crippen LogP contribution >= 0.6 is 15.9 Å². The van der Waals surface area contributed by atoms with Gasteiger partial charge in [0.05, 0.1) is 0 Å². The SMILES string of the molecule is Cc1cc2c(c(=O)[nH]1)C(=O)O/C2=C\c1cccc(Br)c1. The number of aromatic nitrogens is 1. The molecule has 0 fully saturated rings. The Hall–Kier alpha value is -2.14. The molecule has 0 amide bonds. The standard InChI is InChI=1S/C15H10BrNO3/c1-8-5-11-12(7-9-3-2-4-10(16)6-9)20-15(19)13(11)14(18)17-8/h2-7H,1H3,(H,17,18)/b12-7-. The number of fused-ring (bicyclic) bond motifs is 1. The zero-order valence-electron chi connectivity index (χ0n) is 10.6. The third kappa shape index (κ3) is 2.20. The number of benzene rings is 1. The van der Waals surface area contributed by atoms with E-state index in [0.29, 0.717) is 17.0 Å². The van der Waals surface area contributed by atoms with Crippen LogP contribution in [0.1, 0.15) is 27.2 Å². The molecule has 0 atom stereocenters. The summed E-state index contributed by atoms with van der Waals surface area (Å²) in [5.41, 5.74) is 1.76. The maximum Gasteiger partial charge on any atom is 0.349 e. The van der Waals surface area contributed by atoms with E-state index in [2.05, 4.69) is 20.9 Å². The molecule has 1 aliphatic heterocycles. The van der Waals surface area contributed by atoms with Gasteiger partial charge in [-0.05, 0) is 36.8 Å². The minimum absolute atomic E-state index is 0.0665. The second-order valence-corrected chi connectivity index (χ2v) is 5.44. The fourth-order valence-corrected chi connectivity index (χ4v) is 2.56. The summed E-state index contributed by atoms with van der Waals surface area (Å²) in [5.74, 6) is -0.209. The first-order valence-corrected chi connectivity index (χ1v) is 6.77. The van der Waals surface area contributed by atoms with Gasteiger partial charge in [0.25, 0.3) is 5.56 Å². The number of hydrogen-bond acceptors (Lipinski definition) is 3. The second-order valence-electron chi connectivity index (χ2n) is 4.52. The summed E-state index contributed by atoms with van der Waals surface area (Å²) in [5, 5.41) is 0. The molecule has 0 saturated carbocycles. The van der Waals surface area contributed by atoms with Crippen LogP contribution in [0.5, 0.6) is 0 Å². The van der Waals surface area contributed by atoms with Gasteiger partial charge in [-0.3, -0.25) is 4.79 Å². The molecule has 0 aliphatic carbocycles. The molecule has 1 aromatic heterocycles. The van der Waals surface area contributed by atoms with Gasteiger partial charge < -0.3 is 9.72 Å². The van der Waals surface area contributed by atoms with E-state index in [4.69, 9.17) is 4.74 Å². The quantitative estimate of drug-likeness (QED) is 0.817.